The summed E-state index contributed by atoms with van der Waals surface area (Å²) >= 11 is 0. The molecule has 0 aliphatic heterocycles. The third kappa shape index (κ3) is 9.24. The highest BCUT2D eigenvalue weighted by Crippen LogP contribution is 2.08. The number of allylic oxidation sites excluding steroid dienone is 4. The van der Waals surface area contributed by atoms with Crippen LogP contribution in [0.15, 0.2) is 23.3 Å². The van der Waals surface area contributed by atoms with Crippen LogP contribution < -0.4 is 0 Å². The molecule has 80 valence electrons. The van der Waals surface area contributed by atoms with Crippen LogP contribution in [0.5, 0.6) is 0 Å². The molecule has 0 aromatic carbocycles. The van der Waals surface area contributed by atoms with Gasteiger partial charge in [0.25, 0.3) is 0 Å². The maximum Gasteiger partial charge on any atom is 0.120 e. The first-order valence-electron chi connectivity index (χ1n) is 5.39. The van der Waals surface area contributed by atoms with E-state index >= 15 is 0 Å². The zero-order chi connectivity index (χ0) is 10.8. The van der Waals surface area contributed by atoms with E-state index in [1.807, 2.05) is 0 Å². The first-order valence-corrected chi connectivity index (χ1v) is 5.39. The molecule has 0 unspecified atom stereocenters. The number of rotatable bonds is 7. The van der Waals surface area contributed by atoms with Crippen molar-refractivity contribution >= 4 is 6.29 Å². The number of carbonyl (C=O) groups excluding carboxylic acids is 1. The molecule has 0 fully saturated rings. The lowest BCUT2D eigenvalue weighted by atomic mass is 10.1. The van der Waals surface area contributed by atoms with Gasteiger partial charge in [0.15, 0.2) is 0 Å². The average Bonchev–Trinajstić information content (AvgIpc) is 2.12. The van der Waals surface area contributed by atoms with Gasteiger partial charge in [0.05, 0.1) is 0 Å². The van der Waals surface area contributed by atoms with E-state index in [0.29, 0.717) is 6.42 Å². The van der Waals surface area contributed by atoms with Gasteiger partial charge in [-0.25, -0.2) is 0 Å². The molecule has 0 aromatic heterocycles. The van der Waals surface area contributed by atoms with Gasteiger partial charge in [-0.15, -0.1) is 0 Å². The Bertz CT molecular complexity index is 207. The third-order valence-corrected chi connectivity index (χ3v) is 2.11. The molecule has 0 heterocycles. The topological polar surface area (TPSA) is 17.1 Å². The van der Waals surface area contributed by atoms with Crippen LogP contribution in [0.4, 0.5) is 0 Å². The molecule has 0 atom stereocenters. The van der Waals surface area contributed by atoms with Crippen molar-refractivity contribution in [1.29, 1.82) is 0 Å². The molecule has 0 spiro atoms. The Hall–Kier alpha value is -0.850. The molecular weight excluding hydrogens is 172 g/mol. The number of aldehydes is 1. The summed E-state index contributed by atoms with van der Waals surface area (Å²) in [5.41, 5.74) is 2.83. The van der Waals surface area contributed by atoms with Gasteiger partial charge in [0.2, 0.25) is 0 Å². The maximum atomic E-state index is 10.1. The van der Waals surface area contributed by atoms with Gasteiger partial charge < -0.3 is 4.79 Å². The predicted octanol–water partition coefficient (Wildman–Crippen LogP) is 4.05. The quantitative estimate of drug-likeness (QED) is 0.339. The predicted molar refractivity (Wildman–Crippen MR) is 62.3 cm³/mol. The van der Waals surface area contributed by atoms with Crippen LogP contribution in [0.25, 0.3) is 0 Å². The van der Waals surface area contributed by atoms with Crippen molar-refractivity contribution in [3.05, 3.63) is 23.3 Å². The van der Waals surface area contributed by atoms with Gasteiger partial charge in [0.1, 0.15) is 6.29 Å². The van der Waals surface area contributed by atoms with Gasteiger partial charge in [-0.3, -0.25) is 0 Å². The zero-order valence-corrected chi connectivity index (χ0v) is 9.68. The molecule has 0 amide bonds. The normalized spacial score (nSPS) is 11.2. The van der Waals surface area contributed by atoms with Crippen molar-refractivity contribution in [2.75, 3.05) is 0 Å². The molecule has 0 saturated heterocycles. The second-order valence-corrected chi connectivity index (χ2v) is 3.97. The van der Waals surface area contributed by atoms with Crippen molar-refractivity contribution in [1.82, 2.24) is 0 Å². The van der Waals surface area contributed by atoms with Crippen LogP contribution >= 0.6 is 0 Å². The summed E-state index contributed by atoms with van der Waals surface area (Å²) in [6.07, 6.45) is 10.5. The van der Waals surface area contributed by atoms with Crippen molar-refractivity contribution in [3.63, 3.8) is 0 Å². The Morgan fingerprint density at radius 3 is 2.29 bits per heavy atom. The van der Waals surface area contributed by atoms with Gasteiger partial charge in [-0.2, -0.15) is 0 Å². The van der Waals surface area contributed by atoms with Gasteiger partial charge in [-0.05, 0) is 46.5 Å². The molecule has 0 N–H and O–H groups in total. The first kappa shape index (κ1) is 13.2. The zero-order valence-electron chi connectivity index (χ0n) is 9.68. The molecule has 1 nitrogen and oxygen atoms in total. The summed E-state index contributed by atoms with van der Waals surface area (Å²) in [5, 5.41) is 0. The Kier molecular flexibility index (Phi) is 8.20. The van der Waals surface area contributed by atoms with Crippen LogP contribution in [0.2, 0.25) is 0 Å². The lowest BCUT2D eigenvalue weighted by molar-refractivity contribution is -0.107. The Labute approximate surface area is 87.9 Å². The number of unbranched alkanes of at least 4 members (excludes halogenated alkanes) is 2. The standard InChI is InChI=1S/C13H22O/c1-12(2)8-7-10-13(3)9-5-4-6-11-14/h8-9,11H,4-7,10H2,1-3H3. The summed E-state index contributed by atoms with van der Waals surface area (Å²) < 4.78 is 0. The van der Waals surface area contributed by atoms with E-state index in [-0.39, 0.29) is 0 Å². The fraction of sp³-hybridized carbons (Fsp3) is 0.615. The smallest absolute Gasteiger partial charge is 0.120 e. The van der Waals surface area contributed by atoms with Crippen molar-refractivity contribution < 1.29 is 4.79 Å². The lowest BCUT2D eigenvalue weighted by Gasteiger charge is -1.98. The van der Waals surface area contributed by atoms with Crippen LogP contribution in [0.3, 0.4) is 0 Å². The van der Waals surface area contributed by atoms with E-state index in [4.69, 9.17) is 0 Å². The van der Waals surface area contributed by atoms with Crippen molar-refractivity contribution in [3.8, 4) is 0 Å². The van der Waals surface area contributed by atoms with Crippen LogP contribution in [-0.2, 0) is 4.79 Å². The number of carbonyl (C=O) groups is 1. The van der Waals surface area contributed by atoms with E-state index in [1.165, 1.54) is 11.1 Å². The minimum atomic E-state index is 0.692. The van der Waals surface area contributed by atoms with Gasteiger partial charge in [-0.1, -0.05) is 23.3 Å². The minimum Gasteiger partial charge on any atom is -0.303 e. The third-order valence-electron chi connectivity index (χ3n) is 2.11. The van der Waals surface area contributed by atoms with Crippen LogP contribution in [0, 0.1) is 0 Å². The minimum absolute atomic E-state index is 0.692. The molecule has 0 aliphatic carbocycles. The average molecular weight is 194 g/mol. The van der Waals surface area contributed by atoms with E-state index in [1.54, 1.807) is 0 Å². The van der Waals surface area contributed by atoms with Gasteiger partial charge in [0, 0.05) is 6.42 Å². The molecule has 0 bridgehead atoms. The van der Waals surface area contributed by atoms with Crippen LogP contribution in [-0.4, -0.2) is 6.29 Å². The summed E-state index contributed by atoms with van der Waals surface area (Å²) in [5.74, 6) is 0. The molecule has 0 aromatic rings. The summed E-state index contributed by atoms with van der Waals surface area (Å²) in [6.45, 7) is 6.42. The van der Waals surface area contributed by atoms with Crippen LogP contribution in [0.1, 0.15) is 52.9 Å². The highest BCUT2D eigenvalue weighted by molar-refractivity contribution is 5.49. The van der Waals surface area contributed by atoms with E-state index < -0.39 is 0 Å². The fourth-order valence-corrected chi connectivity index (χ4v) is 1.24. The van der Waals surface area contributed by atoms with Crippen molar-refractivity contribution in [2.24, 2.45) is 0 Å². The summed E-state index contributed by atoms with van der Waals surface area (Å²) in [4.78, 5) is 10.1. The molecule has 0 aliphatic rings. The molecule has 0 saturated carbocycles. The second kappa shape index (κ2) is 8.74. The molecule has 14 heavy (non-hydrogen) atoms. The summed E-state index contributed by atoms with van der Waals surface area (Å²) in [6, 6.07) is 0. The highest BCUT2D eigenvalue weighted by Gasteiger charge is 1.89. The van der Waals surface area contributed by atoms with E-state index in [9.17, 15) is 4.79 Å². The number of hydrogen-bond acceptors (Lipinski definition) is 1. The van der Waals surface area contributed by atoms with Crippen molar-refractivity contribution in [2.45, 2.75) is 52.9 Å². The monoisotopic (exact) mass is 194 g/mol. The Morgan fingerprint density at radius 2 is 1.71 bits per heavy atom. The van der Waals surface area contributed by atoms with Gasteiger partial charge >= 0.3 is 0 Å². The SMILES string of the molecule is CC(C)=CCCC(C)=CCCCC=O. The van der Waals surface area contributed by atoms with E-state index in [0.717, 1.165) is 32.0 Å². The number of hydrogen-bond donors (Lipinski definition) is 0. The lowest BCUT2D eigenvalue weighted by Crippen LogP contribution is -1.79. The fourth-order valence-electron chi connectivity index (χ4n) is 1.24. The Balaban J connectivity index is 3.56. The molecular formula is C13H22O. The largest absolute Gasteiger partial charge is 0.303 e. The maximum absolute atomic E-state index is 10.1. The molecule has 1 heteroatoms. The second-order valence-electron chi connectivity index (χ2n) is 3.97. The highest BCUT2D eigenvalue weighted by atomic mass is 16.1. The van der Waals surface area contributed by atoms with E-state index in [2.05, 4.69) is 32.9 Å². The molecule has 0 radical (unpaired) electrons. The molecule has 0 rings (SSSR count). The Morgan fingerprint density at radius 1 is 1.00 bits per heavy atom. The first-order chi connectivity index (χ1) is 6.66. The summed E-state index contributed by atoms with van der Waals surface area (Å²) in [7, 11) is 0.